The zero-order valence-corrected chi connectivity index (χ0v) is 13.0. The van der Waals surface area contributed by atoms with Gasteiger partial charge < -0.3 is 20.0 Å². The maximum atomic E-state index is 11.9. The SMILES string of the molecule is COc1cc([N+](=O)[O-])ccc1NC(=O)COC(=O)c1cccc[n+]1[O-]. The number of methoxy groups -OCH3 is 1. The van der Waals surface area contributed by atoms with Gasteiger partial charge in [-0.2, -0.15) is 4.73 Å². The summed E-state index contributed by atoms with van der Waals surface area (Å²) in [6, 6.07) is 7.80. The van der Waals surface area contributed by atoms with E-state index in [1.807, 2.05) is 0 Å². The summed E-state index contributed by atoms with van der Waals surface area (Å²) >= 11 is 0. The molecular formula is C15H13N3O7. The lowest BCUT2D eigenvalue weighted by Gasteiger charge is -2.10. The van der Waals surface area contributed by atoms with E-state index < -0.39 is 23.4 Å². The molecule has 0 aliphatic heterocycles. The van der Waals surface area contributed by atoms with Gasteiger partial charge in [-0.3, -0.25) is 14.9 Å². The molecule has 0 unspecified atom stereocenters. The van der Waals surface area contributed by atoms with Crippen molar-refractivity contribution in [3.8, 4) is 5.75 Å². The second kappa shape index (κ2) is 7.73. The van der Waals surface area contributed by atoms with Gasteiger partial charge in [0.25, 0.3) is 11.6 Å². The van der Waals surface area contributed by atoms with Crippen molar-refractivity contribution in [3.63, 3.8) is 0 Å². The minimum Gasteiger partial charge on any atom is -0.618 e. The third-order valence-electron chi connectivity index (χ3n) is 3.04. The van der Waals surface area contributed by atoms with Crippen molar-refractivity contribution in [2.75, 3.05) is 19.0 Å². The van der Waals surface area contributed by atoms with E-state index in [2.05, 4.69) is 5.32 Å². The van der Waals surface area contributed by atoms with Crippen LogP contribution in [0.4, 0.5) is 11.4 Å². The molecule has 130 valence electrons. The number of nitro benzene ring substituents is 1. The minimum atomic E-state index is -0.957. The van der Waals surface area contributed by atoms with E-state index in [1.165, 1.54) is 37.4 Å². The van der Waals surface area contributed by atoms with Crippen LogP contribution in [-0.4, -0.2) is 30.5 Å². The molecule has 1 N–H and O–H groups in total. The first-order chi connectivity index (χ1) is 11.9. The van der Waals surface area contributed by atoms with Crippen LogP contribution in [0.5, 0.6) is 5.75 Å². The molecule has 10 nitrogen and oxygen atoms in total. The number of nitrogens with zero attached hydrogens (tertiary/aromatic N) is 2. The van der Waals surface area contributed by atoms with Gasteiger partial charge in [0.05, 0.1) is 23.8 Å². The molecule has 0 fully saturated rings. The second-order valence-electron chi connectivity index (χ2n) is 4.68. The molecule has 1 amide bonds. The van der Waals surface area contributed by atoms with Gasteiger partial charge in [0.1, 0.15) is 5.75 Å². The molecule has 0 radical (unpaired) electrons. The normalized spacial score (nSPS) is 9.96. The zero-order valence-electron chi connectivity index (χ0n) is 13.0. The Morgan fingerprint density at radius 1 is 1.28 bits per heavy atom. The Kier molecular flexibility index (Phi) is 5.46. The van der Waals surface area contributed by atoms with Gasteiger partial charge in [-0.05, 0) is 12.1 Å². The van der Waals surface area contributed by atoms with Crippen LogP contribution in [0.25, 0.3) is 0 Å². The number of hydrogen-bond donors (Lipinski definition) is 1. The highest BCUT2D eigenvalue weighted by molar-refractivity contribution is 5.95. The molecular weight excluding hydrogens is 334 g/mol. The number of nitro groups is 1. The number of aromatic nitrogens is 1. The summed E-state index contributed by atoms with van der Waals surface area (Å²) in [7, 11) is 1.29. The topological polar surface area (TPSA) is 135 Å². The summed E-state index contributed by atoms with van der Waals surface area (Å²) in [6.07, 6.45) is 1.12. The van der Waals surface area contributed by atoms with Crippen LogP contribution >= 0.6 is 0 Å². The summed E-state index contributed by atoms with van der Waals surface area (Å²) in [5.41, 5.74) is -0.290. The molecule has 1 heterocycles. The highest BCUT2D eigenvalue weighted by atomic mass is 16.6. The van der Waals surface area contributed by atoms with Gasteiger partial charge in [-0.25, -0.2) is 4.79 Å². The Morgan fingerprint density at radius 3 is 2.68 bits per heavy atom. The second-order valence-corrected chi connectivity index (χ2v) is 4.68. The van der Waals surface area contributed by atoms with E-state index in [0.717, 1.165) is 12.3 Å². The van der Waals surface area contributed by atoms with E-state index in [0.29, 0.717) is 4.73 Å². The zero-order chi connectivity index (χ0) is 18.4. The maximum absolute atomic E-state index is 11.9. The molecule has 0 bridgehead atoms. The number of ether oxygens (including phenoxy) is 2. The third kappa shape index (κ3) is 4.41. The van der Waals surface area contributed by atoms with E-state index in [1.54, 1.807) is 0 Å². The van der Waals surface area contributed by atoms with Gasteiger partial charge in [-0.15, -0.1) is 0 Å². The lowest BCUT2D eigenvalue weighted by Crippen LogP contribution is -2.35. The van der Waals surface area contributed by atoms with Gasteiger partial charge in [0, 0.05) is 18.2 Å². The van der Waals surface area contributed by atoms with E-state index >= 15 is 0 Å². The van der Waals surface area contributed by atoms with E-state index in [4.69, 9.17) is 9.47 Å². The Labute approximate surface area is 141 Å². The molecule has 0 saturated carbocycles. The van der Waals surface area contributed by atoms with Gasteiger partial charge in [0.15, 0.2) is 12.8 Å². The molecule has 2 rings (SSSR count). The Morgan fingerprint density at radius 2 is 2.04 bits per heavy atom. The first-order valence-electron chi connectivity index (χ1n) is 6.90. The summed E-state index contributed by atoms with van der Waals surface area (Å²) in [5.74, 6) is -1.58. The van der Waals surface area contributed by atoms with Gasteiger partial charge in [0.2, 0.25) is 0 Å². The van der Waals surface area contributed by atoms with Crippen LogP contribution in [0.15, 0.2) is 42.6 Å². The van der Waals surface area contributed by atoms with E-state index in [-0.39, 0.29) is 22.8 Å². The summed E-state index contributed by atoms with van der Waals surface area (Å²) in [5, 5.41) is 24.5. The molecule has 0 aliphatic carbocycles. The number of anilines is 1. The number of esters is 1. The van der Waals surface area contributed by atoms with Crippen LogP contribution in [0.2, 0.25) is 0 Å². The van der Waals surface area contributed by atoms with Crippen molar-refractivity contribution in [2.24, 2.45) is 0 Å². The lowest BCUT2D eigenvalue weighted by molar-refractivity contribution is -0.608. The standard InChI is InChI=1S/C15H13N3O7/c1-24-13-8-10(18(22)23)5-6-11(13)16-14(19)9-25-15(20)12-4-2-3-7-17(12)21/h2-8H,9H2,1H3,(H,16,19). The lowest BCUT2D eigenvalue weighted by atomic mass is 10.2. The number of hydrogen-bond acceptors (Lipinski definition) is 7. The fourth-order valence-electron chi connectivity index (χ4n) is 1.87. The van der Waals surface area contributed by atoms with Crippen molar-refractivity contribution in [1.82, 2.24) is 0 Å². The molecule has 25 heavy (non-hydrogen) atoms. The number of pyridine rings is 1. The van der Waals surface area contributed by atoms with E-state index in [9.17, 15) is 24.9 Å². The Balaban J connectivity index is 2.00. The molecule has 10 heteroatoms. The predicted octanol–water partition coefficient (Wildman–Crippen LogP) is 1.03. The minimum absolute atomic E-state index is 0.0781. The molecule has 1 aromatic heterocycles. The number of non-ortho nitro benzene ring substituents is 1. The Hall–Kier alpha value is -3.69. The number of nitrogens with one attached hydrogen (secondary N) is 1. The van der Waals surface area contributed by atoms with Crippen molar-refractivity contribution < 1.29 is 28.7 Å². The van der Waals surface area contributed by atoms with Crippen LogP contribution in [0.1, 0.15) is 10.5 Å². The highest BCUT2D eigenvalue weighted by Gasteiger charge is 2.19. The number of amides is 1. The molecule has 0 aliphatic rings. The Bertz CT molecular complexity index is 823. The predicted molar refractivity (Wildman–Crippen MR) is 84.0 cm³/mol. The number of rotatable bonds is 6. The molecule has 0 spiro atoms. The average Bonchev–Trinajstić information content (AvgIpc) is 2.60. The first kappa shape index (κ1) is 17.7. The van der Waals surface area contributed by atoms with Gasteiger partial charge >= 0.3 is 11.7 Å². The fraction of sp³-hybridized carbons (Fsp3) is 0.133. The molecule has 2 aromatic rings. The van der Waals surface area contributed by atoms with Crippen LogP contribution < -0.4 is 14.8 Å². The fourth-order valence-corrected chi connectivity index (χ4v) is 1.87. The number of carbonyl (C=O) groups is 2. The van der Waals surface area contributed by atoms with Crippen molar-refractivity contribution in [1.29, 1.82) is 0 Å². The summed E-state index contributed by atoms with van der Waals surface area (Å²) < 4.78 is 10.1. The van der Waals surface area contributed by atoms with Crippen LogP contribution in [0.3, 0.4) is 0 Å². The van der Waals surface area contributed by atoms with Gasteiger partial charge in [-0.1, -0.05) is 0 Å². The number of carbonyl (C=O) groups excluding carboxylic acids is 2. The first-order valence-corrected chi connectivity index (χ1v) is 6.90. The quantitative estimate of drug-likeness (QED) is 0.271. The number of benzene rings is 1. The summed E-state index contributed by atoms with van der Waals surface area (Å²) in [6.45, 7) is -0.645. The largest absolute Gasteiger partial charge is 0.618 e. The van der Waals surface area contributed by atoms with Crippen molar-refractivity contribution >= 4 is 23.3 Å². The van der Waals surface area contributed by atoms with Crippen molar-refractivity contribution in [3.05, 3.63) is 63.6 Å². The third-order valence-corrected chi connectivity index (χ3v) is 3.04. The highest BCUT2D eigenvalue weighted by Crippen LogP contribution is 2.28. The maximum Gasteiger partial charge on any atom is 0.405 e. The smallest absolute Gasteiger partial charge is 0.405 e. The molecule has 1 aromatic carbocycles. The monoisotopic (exact) mass is 347 g/mol. The van der Waals surface area contributed by atoms with Crippen LogP contribution in [-0.2, 0) is 9.53 Å². The molecule has 0 atom stereocenters. The summed E-state index contributed by atoms with van der Waals surface area (Å²) in [4.78, 5) is 33.7. The van der Waals surface area contributed by atoms with Crippen LogP contribution in [0, 0.1) is 15.3 Å². The molecule has 0 saturated heterocycles. The van der Waals surface area contributed by atoms with Crippen molar-refractivity contribution in [2.45, 2.75) is 0 Å². The average molecular weight is 347 g/mol.